The van der Waals surface area contributed by atoms with Crippen LogP contribution in [0.3, 0.4) is 0 Å². The molecule has 3 aromatic rings. The first-order valence-electron chi connectivity index (χ1n) is 16.1. The van der Waals surface area contributed by atoms with Crippen LogP contribution >= 0.6 is 0 Å². The van der Waals surface area contributed by atoms with Gasteiger partial charge in [-0.2, -0.15) is 0 Å². The first-order valence-corrected chi connectivity index (χ1v) is 16.1. The summed E-state index contributed by atoms with van der Waals surface area (Å²) >= 11 is 0. The highest BCUT2D eigenvalue weighted by molar-refractivity contribution is 6.05. The number of carboxylic acids is 1. The Kier molecular flexibility index (Phi) is 12.9. The Balaban J connectivity index is 1.59. The molecule has 0 radical (unpaired) electrons. The van der Waals surface area contributed by atoms with E-state index >= 15 is 0 Å². The smallest absolute Gasteiger partial charge is 0.335 e. The number of likely N-dealkylation sites (N-methyl/N-ethyl adjacent to an activating group) is 1. The van der Waals surface area contributed by atoms with E-state index in [-0.39, 0.29) is 42.1 Å². The molecular formula is C36H46N4O7. The van der Waals surface area contributed by atoms with Crippen LogP contribution in [0.25, 0.3) is 0 Å². The number of carbonyl (C=O) groups excluding carboxylic acids is 2. The minimum absolute atomic E-state index is 0.106. The molecule has 0 fully saturated rings. The van der Waals surface area contributed by atoms with Crippen molar-refractivity contribution in [2.24, 2.45) is 5.92 Å². The maximum atomic E-state index is 14.3. The highest BCUT2D eigenvalue weighted by Gasteiger charge is 2.30. The zero-order valence-corrected chi connectivity index (χ0v) is 27.6. The lowest BCUT2D eigenvalue weighted by Gasteiger charge is -2.36. The van der Waals surface area contributed by atoms with Gasteiger partial charge in [-0.1, -0.05) is 19.1 Å². The maximum Gasteiger partial charge on any atom is 0.335 e. The minimum atomic E-state index is -0.961. The largest absolute Gasteiger partial charge is 0.490 e. The Morgan fingerprint density at radius 2 is 1.79 bits per heavy atom. The zero-order valence-electron chi connectivity index (χ0n) is 27.6. The number of hydrogen-bond donors (Lipinski definition) is 3. The monoisotopic (exact) mass is 646 g/mol. The van der Waals surface area contributed by atoms with Crippen molar-refractivity contribution in [3.8, 4) is 5.75 Å². The van der Waals surface area contributed by atoms with Gasteiger partial charge in [0.15, 0.2) is 0 Å². The molecule has 11 heteroatoms. The van der Waals surface area contributed by atoms with Crippen LogP contribution in [-0.2, 0) is 11.3 Å². The molecule has 1 aliphatic rings. The number of aliphatic hydroxyl groups excluding tert-OH is 1. The average molecular weight is 647 g/mol. The molecule has 0 saturated carbocycles. The average Bonchev–Trinajstić information content (AvgIpc) is 3.06. The fraction of sp³-hybridized carbons (Fsp3) is 0.444. The molecule has 3 N–H and O–H groups in total. The zero-order chi connectivity index (χ0) is 33.9. The van der Waals surface area contributed by atoms with Crippen molar-refractivity contribution in [3.63, 3.8) is 0 Å². The second kappa shape index (κ2) is 17.0. The molecule has 2 amide bonds. The van der Waals surface area contributed by atoms with Gasteiger partial charge in [-0.05, 0) is 88.2 Å². The number of aromatic carboxylic acids is 1. The number of pyridine rings is 1. The lowest BCUT2D eigenvalue weighted by molar-refractivity contribution is -0.0177. The van der Waals surface area contributed by atoms with E-state index in [1.165, 1.54) is 0 Å². The van der Waals surface area contributed by atoms with Gasteiger partial charge in [0.2, 0.25) is 0 Å². The Hall–Kier alpha value is -4.32. The Morgan fingerprint density at radius 1 is 1.06 bits per heavy atom. The normalized spacial score (nSPS) is 20.1. The van der Waals surface area contributed by atoms with Gasteiger partial charge in [-0.3, -0.25) is 19.5 Å². The number of ether oxygens (including phenoxy) is 2. The van der Waals surface area contributed by atoms with Crippen molar-refractivity contribution in [2.75, 3.05) is 38.7 Å². The molecule has 4 atom stereocenters. The molecule has 0 saturated heterocycles. The van der Waals surface area contributed by atoms with Crippen molar-refractivity contribution < 1.29 is 34.1 Å². The minimum Gasteiger partial charge on any atom is -0.490 e. The van der Waals surface area contributed by atoms with E-state index in [1.54, 1.807) is 66.7 Å². The molecule has 0 spiro atoms. The molecule has 1 aliphatic heterocycles. The van der Waals surface area contributed by atoms with Gasteiger partial charge in [0.25, 0.3) is 11.8 Å². The number of hydrogen-bond acceptors (Lipinski definition) is 8. The summed E-state index contributed by atoms with van der Waals surface area (Å²) in [5, 5.41) is 22.3. The van der Waals surface area contributed by atoms with Crippen LogP contribution in [0.2, 0.25) is 0 Å². The van der Waals surface area contributed by atoms with E-state index in [4.69, 9.17) is 9.47 Å². The van der Waals surface area contributed by atoms with Crippen molar-refractivity contribution >= 4 is 23.5 Å². The third-order valence-electron chi connectivity index (χ3n) is 8.40. The predicted molar refractivity (Wildman–Crippen MR) is 179 cm³/mol. The summed E-state index contributed by atoms with van der Waals surface area (Å²) in [5.74, 6) is -1.29. The van der Waals surface area contributed by atoms with Gasteiger partial charge >= 0.3 is 5.97 Å². The number of carboxylic acid groups (broad SMARTS) is 1. The maximum absolute atomic E-state index is 14.3. The predicted octanol–water partition coefficient (Wildman–Crippen LogP) is 4.96. The van der Waals surface area contributed by atoms with Crippen LogP contribution in [-0.4, -0.2) is 94.4 Å². The molecule has 47 heavy (non-hydrogen) atoms. The third-order valence-corrected chi connectivity index (χ3v) is 8.40. The van der Waals surface area contributed by atoms with Crippen LogP contribution in [0.1, 0.15) is 76.7 Å². The number of nitrogens with zero attached hydrogens (tertiary/aromatic N) is 3. The van der Waals surface area contributed by atoms with Crippen LogP contribution < -0.4 is 10.1 Å². The second-order valence-corrected chi connectivity index (χ2v) is 12.4. The summed E-state index contributed by atoms with van der Waals surface area (Å²) in [5.41, 5.74) is 2.41. The Morgan fingerprint density at radius 3 is 2.47 bits per heavy atom. The third kappa shape index (κ3) is 10.1. The summed E-state index contributed by atoms with van der Waals surface area (Å²) in [4.78, 5) is 46.2. The highest BCUT2D eigenvalue weighted by atomic mass is 16.5. The molecule has 11 nitrogen and oxygen atoms in total. The van der Waals surface area contributed by atoms with Crippen LogP contribution in [0, 0.1) is 5.92 Å². The molecule has 1 aromatic heterocycles. The number of carbonyl (C=O) groups is 3. The molecule has 4 rings (SSSR count). The highest BCUT2D eigenvalue weighted by Crippen LogP contribution is 2.29. The molecule has 0 aliphatic carbocycles. The fourth-order valence-electron chi connectivity index (χ4n) is 5.61. The number of amides is 2. The van der Waals surface area contributed by atoms with E-state index in [2.05, 4.69) is 15.2 Å². The van der Waals surface area contributed by atoms with E-state index in [0.717, 1.165) is 24.8 Å². The first-order chi connectivity index (χ1) is 22.5. The van der Waals surface area contributed by atoms with Gasteiger partial charge in [-0.25, -0.2) is 4.79 Å². The summed E-state index contributed by atoms with van der Waals surface area (Å²) < 4.78 is 12.7. The number of aliphatic hydroxyl groups is 1. The summed E-state index contributed by atoms with van der Waals surface area (Å²) in [6, 6.07) is 14.6. The molecule has 0 bridgehead atoms. The molecular weight excluding hydrogens is 600 g/mol. The van der Waals surface area contributed by atoms with E-state index in [1.807, 2.05) is 33.0 Å². The number of anilines is 1. The number of nitrogens with one attached hydrogen (secondary N) is 1. The van der Waals surface area contributed by atoms with Gasteiger partial charge in [0, 0.05) is 55.8 Å². The van der Waals surface area contributed by atoms with E-state index in [0.29, 0.717) is 48.8 Å². The van der Waals surface area contributed by atoms with Gasteiger partial charge in [0.1, 0.15) is 5.75 Å². The summed E-state index contributed by atoms with van der Waals surface area (Å²) in [7, 11) is 1.99. The van der Waals surface area contributed by atoms with Gasteiger partial charge in [-0.15, -0.1) is 0 Å². The number of fused-ring (bicyclic) bond motifs is 1. The fourth-order valence-corrected chi connectivity index (χ4v) is 5.61. The quantitative estimate of drug-likeness (QED) is 0.294. The standard InChI is InChI=1S/C36H46N4O7/c1-24-20-40(25(2)23-41)35(43)31-19-30(38-34(42)28-14-16-37-17-15-28)12-13-32(31)47-26(3)7-5-6-18-46-33(24)22-39(4)21-27-8-10-29(11-9-27)36(44)45/h8-17,19,24-26,33,41H,5-7,18,20-23H2,1-4H3,(H,38,42)(H,44,45)/t24-,25+,26-,33+/m0/s1. The summed E-state index contributed by atoms with van der Waals surface area (Å²) in [6.07, 6.45) is 5.19. The van der Waals surface area contributed by atoms with Gasteiger partial charge < -0.3 is 29.9 Å². The molecule has 2 heterocycles. The van der Waals surface area contributed by atoms with Crippen molar-refractivity contribution in [2.45, 2.75) is 64.8 Å². The van der Waals surface area contributed by atoms with Crippen molar-refractivity contribution in [3.05, 3.63) is 89.2 Å². The SMILES string of the molecule is C[C@H](CO)N1C[C@H](C)[C@@H](CN(C)Cc2ccc(C(=O)O)cc2)OCCCC[C@H](C)Oc2ccc(NC(=O)c3ccncc3)cc2C1=O. The molecule has 252 valence electrons. The molecule has 0 unspecified atom stereocenters. The van der Waals surface area contributed by atoms with Crippen LogP contribution in [0.4, 0.5) is 5.69 Å². The van der Waals surface area contributed by atoms with Crippen LogP contribution in [0.5, 0.6) is 5.75 Å². The lowest BCUT2D eigenvalue weighted by Crippen LogP contribution is -2.47. The first kappa shape index (κ1) is 35.5. The van der Waals surface area contributed by atoms with Crippen molar-refractivity contribution in [1.82, 2.24) is 14.8 Å². The topological polar surface area (TPSA) is 142 Å². The van der Waals surface area contributed by atoms with E-state index in [9.17, 15) is 24.6 Å². The number of aromatic nitrogens is 1. The Bertz CT molecular complexity index is 1480. The number of benzene rings is 2. The van der Waals surface area contributed by atoms with Crippen molar-refractivity contribution in [1.29, 1.82) is 0 Å². The van der Waals surface area contributed by atoms with E-state index < -0.39 is 12.0 Å². The molecule has 2 aromatic carbocycles. The summed E-state index contributed by atoms with van der Waals surface area (Å²) in [6.45, 7) is 7.63. The number of rotatable bonds is 9. The second-order valence-electron chi connectivity index (χ2n) is 12.4. The van der Waals surface area contributed by atoms with Crippen LogP contribution in [0.15, 0.2) is 67.0 Å². The lowest BCUT2D eigenvalue weighted by atomic mass is 10.0. The Labute approximate surface area is 276 Å². The van der Waals surface area contributed by atoms with Gasteiger partial charge in [0.05, 0.1) is 36.0 Å².